The Hall–Kier alpha value is -2.07. The fourth-order valence-corrected chi connectivity index (χ4v) is 3.48. The van der Waals surface area contributed by atoms with E-state index in [4.69, 9.17) is 27.9 Å². The van der Waals surface area contributed by atoms with E-state index >= 15 is 0 Å². The summed E-state index contributed by atoms with van der Waals surface area (Å²) in [5.74, 6) is 0.522. The molecule has 32 heavy (non-hydrogen) atoms. The average Bonchev–Trinajstić information content (AvgIpc) is 2.74. The molecule has 178 valence electrons. The molecule has 0 saturated carbocycles. The number of nitrogens with zero attached hydrogens (tertiary/aromatic N) is 4. The maximum absolute atomic E-state index is 12.3. The van der Waals surface area contributed by atoms with Gasteiger partial charge in [-0.05, 0) is 39.2 Å². The van der Waals surface area contributed by atoms with E-state index in [1.807, 2.05) is 14.1 Å². The number of halogens is 3. The predicted molar refractivity (Wildman–Crippen MR) is 131 cm³/mol. The molecule has 0 fully saturated rings. The number of nitro benzene ring substituents is 1. The van der Waals surface area contributed by atoms with Crippen LogP contribution in [0.15, 0.2) is 24.4 Å². The van der Waals surface area contributed by atoms with E-state index in [0.29, 0.717) is 41.8 Å². The number of amides is 1. The van der Waals surface area contributed by atoms with E-state index in [1.165, 1.54) is 11.0 Å². The minimum atomic E-state index is -0.550. The van der Waals surface area contributed by atoms with Gasteiger partial charge in [-0.1, -0.05) is 0 Å². The van der Waals surface area contributed by atoms with E-state index in [2.05, 4.69) is 15.2 Å². The molecule has 2 aromatic rings. The zero-order chi connectivity index (χ0) is 22.8. The minimum Gasteiger partial charge on any atom is -0.444 e. The highest BCUT2D eigenvalue weighted by Crippen LogP contribution is 2.33. The smallest absolute Gasteiger partial charge is 0.410 e. The number of non-ortho nitro benzene ring substituents is 1. The average molecular weight is 509 g/mol. The first-order valence-corrected chi connectivity index (χ1v) is 10.9. The van der Waals surface area contributed by atoms with Gasteiger partial charge < -0.3 is 19.9 Å². The van der Waals surface area contributed by atoms with Crippen LogP contribution in [-0.4, -0.2) is 77.8 Å². The summed E-state index contributed by atoms with van der Waals surface area (Å²) < 4.78 is 5.40. The van der Waals surface area contributed by atoms with E-state index in [0.717, 1.165) is 13.0 Å². The van der Waals surface area contributed by atoms with Gasteiger partial charge in [-0.3, -0.25) is 15.1 Å². The second-order valence-corrected chi connectivity index (χ2v) is 7.84. The van der Waals surface area contributed by atoms with Crippen molar-refractivity contribution in [3.63, 3.8) is 0 Å². The van der Waals surface area contributed by atoms with E-state index < -0.39 is 11.0 Å². The number of anilines is 1. The van der Waals surface area contributed by atoms with Crippen molar-refractivity contribution in [2.45, 2.75) is 13.0 Å². The third-order valence-electron chi connectivity index (χ3n) is 4.57. The highest BCUT2D eigenvalue weighted by Gasteiger charge is 2.20. The summed E-state index contributed by atoms with van der Waals surface area (Å²) in [7, 11) is 3.98. The molecule has 0 atom stereocenters. The Morgan fingerprint density at radius 3 is 2.47 bits per heavy atom. The SMILES string of the molecule is CN(C)CCCNc1ccnc2c(COC(=O)N(CCCl)CCCl)ccc([N+](=O)[O-])c12.Cl. The summed E-state index contributed by atoms with van der Waals surface area (Å²) in [6, 6.07) is 4.68. The molecule has 1 heterocycles. The van der Waals surface area contributed by atoms with Gasteiger partial charge in [0.2, 0.25) is 0 Å². The second-order valence-electron chi connectivity index (χ2n) is 7.09. The topological polar surface area (TPSA) is 101 Å². The number of rotatable bonds is 12. The number of hydrogen-bond acceptors (Lipinski definition) is 7. The number of aromatic nitrogens is 1. The van der Waals surface area contributed by atoms with Crippen LogP contribution in [0, 0.1) is 10.1 Å². The van der Waals surface area contributed by atoms with Crippen LogP contribution in [0.1, 0.15) is 12.0 Å². The Morgan fingerprint density at radius 2 is 1.88 bits per heavy atom. The number of nitrogens with one attached hydrogen (secondary N) is 1. The number of benzene rings is 1. The molecule has 0 spiro atoms. The van der Waals surface area contributed by atoms with Gasteiger partial charge in [0.25, 0.3) is 5.69 Å². The highest BCUT2D eigenvalue weighted by atomic mass is 35.5. The van der Waals surface area contributed by atoms with Gasteiger partial charge in [0.15, 0.2) is 0 Å². The molecule has 0 saturated heterocycles. The van der Waals surface area contributed by atoms with Gasteiger partial charge in [0.1, 0.15) is 12.0 Å². The van der Waals surface area contributed by atoms with E-state index in [1.54, 1.807) is 18.3 Å². The number of alkyl halides is 2. The number of hydrogen-bond donors (Lipinski definition) is 1. The minimum absolute atomic E-state index is 0. The van der Waals surface area contributed by atoms with Crippen molar-refractivity contribution in [3.05, 3.63) is 40.1 Å². The van der Waals surface area contributed by atoms with Crippen molar-refractivity contribution in [2.75, 3.05) is 57.4 Å². The van der Waals surface area contributed by atoms with Gasteiger partial charge in [-0.2, -0.15) is 0 Å². The van der Waals surface area contributed by atoms with Gasteiger partial charge in [0, 0.05) is 49.2 Å². The molecule has 9 nitrogen and oxygen atoms in total. The van der Waals surface area contributed by atoms with Crippen molar-refractivity contribution in [2.24, 2.45) is 0 Å². The maximum Gasteiger partial charge on any atom is 0.410 e. The Labute approximate surface area is 203 Å². The van der Waals surface area contributed by atoms with Crippen LogP contribution in [0.3, 0.4) is 0 Å². The predicted octanol–water partition coefficient (Wildman–Crippen LogP) is 4.34. The molecule has 0 aliphatic heterocycles. The van der Waals surface area contributed by atoms with Crippen LogP contribution >= 0.6 is 35.6 Å². The molecule has 1 N–H and O–H groups in total. The number of fused-ring (bicyclic) bond motifs is 1. The first-order chi connectivity index (χ1) is 14.9. The zero-order valence-corrected chi connectivity index (χ0v) is 20.4. The molecule has 0 bridgehead atoms. The lowest BCUT2D eigenvalue weighted by Gasteiger charge is -2.20. The van der Waals surface area contributed by atoms with Crippen molar-refractivity contribution >= 4 is 64.0 Å². The lowest BCUT2D eigenvalue weighted by Crippen LogP contribution is -2.34. The van der Waals surface area contributed by atoms with Crippen molar-refractivity contribution in [3.8, 4) is 0 Å². The summed E-state index contributed by atoms with van der Waals surface area (Å²) in [6.45, 7) is 2.09. The summed E-state index contributed by atoms with van der Waals surface area (Å²) in [5, 5.41) is 15.3. The number of pyridine rings is 1. The van der Waals surface area contributed by atoms with Gasteiger partial charge in [-0.15, -0.1) is 35.6 Å². The van der Waals surface area contributed by atoms with E-state index in [9.17, 15) is 14.9 Å². The Morgan fingerprint density at radius 1 is 1.19 bits per heavy atom. The third kappa shape index (κ3) is 7.81. The van der Waals surface area contributed by atoms with Crippen LogP contribution in [0.5, 0.6) is 0 Å². The maximum atomic E-state index is 12.3. The second kappa shape index (κ2) is 14.2. The van der Waals surface area contributed by atoms with Gasteiger partial charge in [0.05, 0.1) is 16.1 Å². The van der Waals surface area contributed by atoms with Crippen molar-refractivity contribution < 1.29 is 14.5 Å². The Balaban J connectivity index is 0.00000512. The summed E-state index contributed by atoms with van der Waals surface area (Å²) in [5.41, 5.74) is 1.55. The quantitative estimate of drug-likeness (QED) is 0.197. The summed E-state index contributed by atoms with van der Waals surface area (Å²) >= 11 is 11.5. The summed E-state index contributed by atoms with van der Waals surface area (Å²) in [6.07, 6.45) is 1.91. The third-order valence-corrected chi connectivity index (χ3v) is 4.90. The molecule has 1 aromatic carbocycles. The summed E-state index contributed by atoms with van der Waals surface area (Å²) in [4.78, 5) is 31.4. The molecule has 0 aliphatic rings. The highest BCUT2D eigenvalue weighted by molar-refractivity contribution is 6.18. The molecule has 1 amide bonds. The normalized spacial score (nSPS) is 10.7. The van der Waals surface area contributed by atoms with Crippen LogP contribution in [0.4, 0.5) is 16.2 Å². The lowest BCUT2D eigenvalue weighted by molar-refractivity contribution is -0.383. The molecule has 0 radical (unpaired) electrons. The molecule has 1 aromatic heterocycles. The molecule has 0 unspecified atom stereocenters. The first kappa shape index (κ1) is 28.0. The first-order valence-electron chi connectivity index (χ1n) is 9.86. The molecular weight excluding hydrogens is 481 g/mol. The molecule has 2 rings (SSSR count). The van der Waals surface area contributed by atoms with Crippen molar-refractivity contribution in [1.82, 2.24) is 14.8 Å². The van der Waals surface area contributed by atoms with Gasteiger partial charge in [-0.25, -0.2) is 4.79 Å². The molecular formula is C20H28Cl3N5O4. The Kier molecular flexibility index (Phi) is 12.4. The monoisotopic (exact) mass is 507 g/mol. The fraction of sp³-hybridized carbons (Fsp3) is 0.500. The lowest BCUT2D eigenvalue weighted by atomic mass is 10.1. The van der Waals surface area contributed by atoms with Crippen LogP contribution < -0.4 is 5.32 Å². The number of carbonyl (C=O) groups is 1. The van der Waals surface area contributed by atoms with Gasteiger partial charge >= 0.3 is 6.09 Å². The number of nitro groups is 1. The van der Waals surface area contributed by atoms with Crippen LogP contribution in [0.25, 0.3) is 10.9 Å². The van der Waals surface area contributed by atoms with Crippen LogP contribution in [-0.2, 0) is 11.3 Å². The zero-order valence-electron chi connectivity index (χ0n) is 18.1. The Bertz CT molecular complexity index is 895. The van der Waals surface area contributed by atoms with Crippen molar-refractivity contribution in [1.29, 1.82) is 0 Å². The fourth-order valence-electron chi connectivity index (χ4n) is 3.07. The number of carbonyl (C=O) groups excluding carboxylic acids is 1. The largest absolute Gasteiger partial charge is 0.444 e. The van der Waals surface area contributed by atoms with E-state index in [-0.39, 0.29) is 36.5 Å². The molecule has 0 aliphatic carbocycles. The molecule has 12 heteroatoms. The van der Waals surface area contributed by atoms with Crippen LogP contribution in [0.2, 0.25) is 0 Å². The number of ether oxygens (including phenoxy) is 1. The standard InChI is InChI=1S/C20H27Cl2N5O4.ClH/c1-25(2)11-3-9-23-16-6-10-24-19-15(4-5-17(18(16)19)27(29)30)14-31-20(28)26(12-7-21)13-8-22;/h4-6,10H,3,7-9,11-14H2,1-2H3,(H,23,24);1H.